The molecule has 172 valence electrons. The van der Waals surface area contributed by atoms with Crippen molar-refractivity contribution in [3.05, 3.63) is 48.8 Å². The summed E-state index contributed by atoms with van der Waals surface area (Å²) in [5, 5.41) is 1.07. The van der Waals surface area contributed by atoms with Crippen LogP contribution in [0.2, 0.25) is 0 Å². The molecule has 0 radical (unpaired) electrons. The molecule has 33 heavy (non-hydrogen) atoms. The molecule has 0 unspecified atom stereocenters. The molecule has 2 aliphatic rings. The van der Waals surface area contributed by atoms with Gasteiger partial charge in [-0.2, -0.15) is 0 Å². The van der Waals surface area contributed by atoms with Crippen LogP contribution in [0.15, 0.2) is 48.8 Å². The quantitative estimate of drug-likeness (QED) is 0.586. The first-order valence-electron chi connectivity index (χ1n) is 11.6. The smallest absolute Gasteiger partial charge is 0.409 e. The Morgan fingerprint density at radius 3 is 2.67 bits per heavy atom. The minimum atomic E-state index is -0.250. The van der Waals surface area contributed by atoms with Crippen molar-refractivity contribution < 1.29 is 19.1 Å². The van der Waals surface area contributed by atoms with E-state index in [0.717, 1.165) is 54.0 Å². The molecular weight excluding hydrogens is 420 g/mol. The number of anilines is 1. The summed E-state index contributed by atoms with van der Waals surface area (Å²) < 4.78 is 13.2. The lowest BCUT2D eigenvalue weighted by Crippen LogP contribution is -2.42. The molecule has 2 aliphatic heterocycles. The van der Waals surface area contributed by atoms with Crippen LogP contribution < -0.4 is 9.64 Å². The van der Waals surface area contributed by atoms with Gasteiger partial charge in [-0.1, -0.05) is 0 Å². The molecule has 2 aromatic heterocycles. The predicted octanol–water partition coefficient (Wildman–Crippen LogP) is 4.15. The molecule has 0 atom stereocenters. The third-order valence-electron chi connectivity index (χ3n) is 6.30. The molecule has 5 rings (SSSR count). The Labute approximate surface area is 192 Å². The number of piperidine rings is 1. The minimum Gasteiger partial charge on any atom is -0.489 e. The Morgan fingerprint density at radius 1 is 1.12 bits per heavy atom. The Balaban J connectivity index is 1.24. The van der Waals surface area contributed by atoms with E-state index in [9.17, 15) is 9.59 Å². The molecule has 3 aromatic rings. The lowest BCUT2D eigenvalue weighted by molar-refractivity contribution is -0.117. The van der Waals surface area contributed by atoms with Gasteiger partial charge in [0.1, 0.15) is 17.7 Å². The molecule has 2 fully saturated rings. The molecule has 2 saturated heterocycles. The highest BCUT2D eigenvalue weighted by Gasteiger charge is 2.25. The Hall–Kier alpha value is -3.55. The Kier molecular flexibility index (Phi) is 5.90. The molecule has 0 bridgehead atoms. The van der Waals surface area contributed by atoms with Gasteiger partial charge in [0.05, 0.1) is 18.3 Å². The van der Waals surface area contributed by atoms with Crippen LogP contribution in [0.4, 0.5) is 10.5 Å². The summed E-state index contributed by atoms with van der Waals surface area (Å²) in [5.41, 5.74) is 1.99. The summed E-state index contributed by atoms with van der Waals surface area (Å²) in [7, 11) is 0. The monoisotopic (exact) mass is 448 g/mol. The van der Waals surface area contributed by atoms with Gasteiger partial charge in [0, 0.05) is 56.2 Å². The zero-order chi connectivity index (χ0) is 22.8. The first kappa shape index (κ1) is 21.3. The van der Waals surface area contributed by atoms with E-state index >= 15 is 0 Å². The number of hydrogen-bond acceptors (Lipinski definition) is 5. The standard InChI is InChI=1S/C25H28N4O4/c1-2-32-25(31)27-13-10-20(11-14-27)33-21-6-8-23(26-17-21)29-15-9-18-16-19(5-7-22(18)29)28-12-3-4-24(28)30/h5-9,15-17,20H,2-4,10-14H2,1H3. The van der Waals surface area contributed by atoms with Crippen LogP contribution in [-0.4, -0.2) is 58.8 Å². The second-order valence-electron chi connectivity index (χ2n) is 8.43. The molecule has 4 heterocycles. The lowest BCUT2D eigenvalue weighted by Gasteiger charge is -2.31. The maximum atomic E-state index is 12.1. The number of pyridine rings is 1. The molecule has 0 saturated carbocycles. The normalized spacial score (nSPS) is 17.1. The fourth-order valence-electron chi connectivity index (χ4n) is 4.57. The average Bonchev–Trinajstić information content (AvgIpc) is 3.46. The SMILES string of the molecule is CCOC(=O)N1CCC(Oc2ccc(-n3ccc4cc(N5CCCC5=O)ccc43)nc2)CC1. The topological polar surface area (TPSA) is 76.9 Å². The Bertz CT molecular complexity index is 1150. The average molecular weight is 449 g/mol. The van der Waals surface area contributed by atoms with Crippen LogP contribution >= 0.6 is 0 Å². The highest BCUT2D eigenvalue weighted by atomic mass is 16.6. The third kappa shape index (κ3) is 4.37. The summed E-state index contributed by atoms with van der Waals surface area (Å²) in [6, 6.07) is 12.0. The van der Waals surface area contributed by atoms with Gasteiger partial charge in [0.25, 0.3) is 0 Å². The number of nitrogens with zero attached hydrogens (tertiary/aromatic N) is 4. The van der Waals surface area contributed by atoms with Crippen molar-refractivity contribution in [1.29, 1.82) is 0 Å². The maximum Gasteiger partial charge on any atom is 0.409 e. The van der Waals surface area contributed by atoms with Crippen LogP contribution in [0.3, 0.4) is 0 Å². The van der Waals surface area contributed by atoms with Crippen molar-refractivity contribution in [1.82, 2.24) is 14.5 Å². The largest absolute Gasteiger partial charge is 0.489 e. The van der Waals surface area contributed by atoms with Crippen LogP contribution in [0, 0.1) is 0 Å². The number of hydrogen-bond donors (Lipinski definition) is 0. The summed E-state index contributed by atoms with van der Waals surface area (Å²) in [4.78, 5) is 32.1. The maximum absolute atomic E-state index is 12.1. The fraction of sp³-hybridized carbons (Fsp3) is 0.400. The predicted molar refractivity (Wildman–Crippen MR) is 125 cm³/mol. The van der Waals surface area contributed by atoms with E-state index in [1.807, 2.05) is 52.9 Å². The van der Waals surface area contributed by atoms with E-state index in [4.69, 9.17) is 9.47 Å². The van der Waals surface area contributed by atoms with E-state index in [1.54, 1.807) is 11.1 Å². The number of carbonyl (C=O) groups is 2. The minimum absolute atomic E-state index is 0.0578. The van der Waals surface area contributed by atoms with Crippen molar-refractivity contribution in [3.63, 3.8) is 0 Å². The number of rotatable bonds is 5. The molecule has 1 aromatic carbocycles. The van der Waals surface area contributed by atoms with E-state index in [2.05, 4.69) is 11.1 Å². The van der Waals surface area contributed by atoms with Gasteiger partial charge < -0.3 is 23.8 Å². The highest BCUT2D eigenvalue weighted by molar-refractivity contribution is 5.97. The summed E-state index contributed by atoms with van der Waals surface area (Å²) >= 11 is 0. The van der Waals surface area contributed by atoms with Gasteiger partial charge in [-0.15, -0.1) is 0 Å². The van der Waals surface area contributed by atoms with Gasteiger partial charge >= 0.3 is 6.09 Å². The van der Waals surface area contributed by atoms with Crippen LogP contribution in [-0.2, 0) is 9.53 Å². The van der Waals surface area contributed by atoms with Crippen molar-refractivity contribution in [2.75, 3.05) is 31.1 Å². The van der Waals surface area contributed by atoms with E-state index in [-0.39, 0.29) is 18.1 Å². The number of fused-ring (bicyclic) bond motifs is 1. The third-order valence-corrected chi connectivity index (χ3v) is 6.30. The second-order valence-corrected chi connectivity index (χ2v) is 8.43. The number of aromatic nitrogens is 2. The van der Waals surface area contributed by atoms with E-state index in [1.165, 1.54) is 0 Å². The van der Waals surface area contributed by atoms with Crippen molar-refractivity contribution in [3.8, 4) is 11.6 Å². The van der Waals surface area contributed by atoms with Crippen molar-refractivity contribution in [2.24, 2.45) is 0 Å². The molecule has 8 nitrogen and oxygen atoms in total. The Morgan fingerprint density at radius 2 is 1.97 bits per heavy atom. The molecule has 8 heteroatoms. The van der Waals surface area contributed by atoms with Crippen LogP contribution in [0.5, 0.6) is 5.75 Å². The molecular formula is C25H28N4O4. The van der Waals surface area contributed by atoms with Crippen LogP contribution in [0.1, 0.15) is 32.6 Å². The van der Waals surface area contributed by atoms with Gasteiger partial charge in [0.2, 0.25) is 5.91 Å². The van der Waals surface area contributed by atoms with Gasteiger partial charge in [-0.3, -0.25) is 4.79 Å². The van der Waals surface area contributed by atoms with Crippen molar-refractivity contribution >= 4 is 28.6 Å². The zero-order valence-electron chi connectivity index (χ0n) is 18.8. The number of carbonyl (C=O) groups excluding carboxylic acids is 2. The number of amides is 2. The van der Waals surface area contributed by atoms with E-state index < -0.39 is 0 Å². The van der Waals surface area contributed by atoms with E-state index in [0.29, 0.717) is 26.1 Å². The van der Waals surface area contributed by atoms with Gasteiger partial charge in [-0.05, 0) is 49.7 Å². The summed E-state index contributed by atoms with van der Waals surface area (Å²) in [6.45, 7) is 4.26. The lowest BCUT2D eigenvalue weighted by atomic mass is 10.1. The molecule has 0 spiro atoms. The highest BCUT2D eigenvalue weighted by Crippen LogP contribution is 2.28. The summed E-state index contributed by atoms with van der Waals surface area (Å²) in [6.07, 6.45) is 6.63. The summed E-state index contributed by atoms with van der Waals surface area (Å²) in [5.74, 6) is 1.72. The van der Waals surface area contributed by atoms with Gasteiger partial charge in [0.15, 0.2) is 0 Å². The zero-order valence-corrected chi connectivity index (χ0v) is 18.8. The van der Waals surface area contributed by atoms with Gasteiger partial charge in [-0.25, -0.2) is 9.78 Å². The molecule has 0 aliphatic carbocycles. The van der Waals surface area contributed by atoms with Crippen molar-refractivity contribution in [2.45, 2.75) is 38.7 Å². The fourth-order valence-corrected chi connectivity index (χ4v) is 4.57. The molecule has 2 amide bonds. The number of ether oxygens (including phenoxy) is 2. The number of likely N-dealkylation sites (tertiary alicyclic amines) is 1. The first-order valence-corrected chi connectivity index (χ1v) is 11.6. The molecule has 0 N–H and O–H groups in total. The second kappa shape index (κ2) is 9.13. The van der Waals surface area contributed by atoms with Crippen LogP contribution in [0.25, 0.3) is 16.7 Å². The number of benzene rings is 1. The first-order chi connectivity index (χ1) is 16.1.